The number of nitrogens with one attached hydrogen (secondary N) is 3. The van der Waals surface area contributed by atoms with E-state index in [0.717, 1.165) is 6.54 Å². The minimum absolute atomic E-state index is 0. The molecule has 3 N–H and O–H groups in total. The molecule has 0 aliphatic heterocycles. The van der Waals surface area contributed by atoms with Crippen LogP contribution < -0.4 is 15.4 Å². The third-order valence-corrected chi connectivity index (χ3v) is 4.77. The second kappa shape index (κ2) is 9.46. The molecule has 0 saturated carbocycles. The Kier molecular flexibility index (Phi) is 9.18. The summed E-state index contributed by atoms with van der Waals surface area (Å²) in [5.41, 5.74) is 0.530. The molecule has 0 fully saturated rings. The molecule has 1 rings (SSSR count). The van der Waals surface area contributed by atoms with Gasteiger partial charge in [-0.05, 0) is 47.6 Å². The Morgan fingerprint density at radius 2 is 2.00 bits per heavy atom. The van der Waals surface area contributed by atoms with E-state index in [0.29, 0.717) is 16.7 Å². The van der Waals surface area contributed by atoms with Crippen molar-refractivity contribution in [2.24, 2.45) is 0 Å². The summed E-state index contributed by atoms with van der Waals surface area (Å²) in [4.78, 5) is 11.2. The third-order valence-electron chi connectivity index (χ3n) is 2.69. The van der Waals surface area contributed by atoms with Crippen molar-refractivity contribution in [3.05, 3.63) is 22.7 Å². The van der Waals surface area contributed by atoms with Crippen molar-refractivity contribution in [2.75, 3.05) is 18.4 Å². The molecule has 126 valence electrons. The molecule has 1 atom stereocenters. The lowest BCUT2D eigenvalue weighted by atomic mass is 10.3. The zero-order valence-electron chi connectivity index (χ0n) is 12.6. The van der Waals surface area contributed by atoms with Gasteiger partial charge in [0.05, 0.1) is 10.6 Å². The summed E-state index contributed by atoms with van der Waals surface area (Å²) in [6.45, 7) is 6.34. The average molecular weight is 415 g/mol. The number of carbonyl (C=O) groups is 1. The summed E-state index contributed by atoms with van der Waals surface area (Å²) in [7, 11) is -3.57. The molecule has 1 aromatic carbocycles. The number of anilines is 1. The minimum atomic E-state index is -3.57. The van der Waals surface area contributed by atoms with Gasteiger partial charge in [0.1, 0.15) is 0 Å². The van der Waals surface area contributed by atoms with E-state index in [-0.39, 0.29) is 29.3 Å². The highest BCUT2D eigenvalue weighted by Gasteiger charge is 2.16. The molecule has 0 bridgehead atoms. The first kappa shape index (κ1) is 21.3. The van der Waals surface area contributed by atoms with Gasteiger partial charge in [-0.2, -0.15) is 0 Å². The van der Waals surface area contributed by atoms with Crippen molar-refractivity contribution >= 4 is 50.0 Å². The molecule has 0 heterocycles. The first-order chi connectivity index (χ1) is 9.76. The first-order valence-electron chi connectivity index (χ1n) is 6.56. The van der Waals surface area contributed by atoms with Crippen LogP contribution in [0.2, 0.25) is 0 Å². The maximum atomic E-state index is 12.2. The van der Waals surface area contributed by atoms with E-state index < -0.39 is 10.0 Å². The Bertz CT molecular complexity index is 611. The predicted molar refractivity (Wildman–Crippen MR) is 94.0 cm³/mol. The number of rotatable bonds is 7. The molecule has 0 aromatic heterocycles. The lowest BCUT2D eigenvalue weighted by Gasteiger charge is -2.14. The zero-order valence-corrected chi connectivity index (χ0v) is 15.9. The van der Waals surface area contributed by atoms with Crippen LogP contribution in [0.25, 0.3) is 0 Å². The quantitative estimate of drug-likeness (QED) is 0.638. The van der Waals surface area contributed by atoms with E-state index in [1.165, 1.54) is 19.1 Å². The fourth-order valence-corrected chi connectivity index (χ4v) is 3.48. The Hall–Kier alpha value is -0.670. The molecule has 0 radical (unpaired) electrons. The van der Waals surface area contributed by atoms with Crippen molar-refractivity contribution in [3.63, 3.8) is 0 Å². The van der Waals surface area contributed by atoms with Crippen molar-refractivity contribution in [3.8, 4) is 0 Å². The number of benzene rings is 1. The lowest BCUT2D eigenvalue weighted by Crippen LogP contribution is -2.38. The number of hydrogen-bond donors (Lipinski definition) is 3. The van der Waals surface area contributed by atoms with Gasteiger partial charge in [-0.3, -0.25) is 4.79 Å². The molecule has 0 aliphatic carbocycles. The molecule has 0 unspecified atom stereocenters. The summed E-state index contributed by atoms with van der Waals surface area (Å²) >= 11 is 3.25. The van der Waals surface area contributed by atoms with E-state index in [4.69, 9.17) is 0 Å². The lowest BCUT2D eigenvalue weighted by molar-refractivity contribution is -0.114. The molecule has 1 aromatic rings. The van der Waals surface area contributed by atoms with Gasteiger partial charge in [-0.15, -0.1) is 12.4 Å². The number of halogens is 2. The molecule has 0 saturated heterocycles. The maximum Gasteiger partial charge on any atom is 0.240 e. The van der Waals surface area contributed by atoms with Crippen LogP contribution >= 0.6 is 28.3 Å². The molecule has 9 heteroatoms. The highest BCUT2D eigenvalue weighted by molar-refractivity contribution is 9.10. The minimum Gasteiger partial charge on any atom is -0.325 e. The Morgan fingerprint density at radius 1 is 1.36 bits per heavy atom. The van der Waals surface area contributed by atoms with Crippen molar-refractivity contribution in [1.82, 2.24) is 10.0 Å². The van der Waals surface area contributed by atoms with Crippen LogP contribution in [0.3, 0.4) is 0 Å². The first-order valence-corrected chi connectivity index (χ1v) is 8.84. The van der Waals surface area contributed by atoms with E-state index >= 15 is 0 Å². The maximum absolute atomic E-state index is 12.2. The van der Waals surface area contributed by atoms with Gasteiger partial charge in [0, 0.05) is 24.0 Å². The number of amides is 1. The van der Waals surface area contributed by atoms with Crippen molar-refractivity contribution < 1.29 is 13.2 Å². The van der Waals surface area contributed by atoms with E-state index in [9.17, 15) is 13.2 Å². The van der Waals surface area contributed by atoms with E-state index in [1.807, 2.05) is 13.8 Å². The third kappa shape index (κ3) is 6.62. The van der Waals surface area contributed by atoms with Gasteiger partial charge in [0.25, 0.3) is 0 Å². The Morgan fingerprint density at radius 3 is 2.50 bits per heavy atom. The Balaban J connectivity index is 0.00000441. The SMILES string of the molecule is CCN[C@H](C)CNS(=O)(=O)c1ccc(NC(C)=O)c(Br)c1.Cl. The van der Waals surface area contributed by atoms with Crippen LogP contribution in [-0.2, 0) is 14.8 Å². The summed E-state index contributed by atoms with van der Waals surface area (Å²) in [5, 5.41) is 5.74. The number of sulfonamides is 1. The molecular weight excluding hydrogens is 394 g/mol. The van der Waals surface area contributed by atoms with Gasteiger partial charge >= 0.3 is 0 Å². The second-order valence-electron chi connectivity index (χ2n) is 4.63. The van der Waals surface area contributed by atoms with Crippen LogP contribution in [0.5, 0.6) is 0 Å². The van der Waals surface area contributed by atoms with Gasteiger partial charge in [-0.25, -0.2) is 13.1 Å². The van der Waals surface area contributed by atoms with Crippen LogP contribution in [-0.4, -0.2) is 33.5 Å². The van der Waals surface area contributed by atoms with E-state index in [2.05, 4.69) is 31.3 Å². The van der Waals surface area contributed by atoms with Gasteiger partial charge in [-0.1, -0.05) is 6.92 Å². The molecule has 6 nitrogen and oxygen atoms in total. The highest BCUT2D eigenvalue weighted by atomic mass is 79.9. The average Bonchev–Trinajstić information content (AvgIpc) is 2.39. The molecule has 22 heavy (non-hydrogen) atoms. The van der Waals surface area contributed by atoms with Crippen molar-refractivity contribution in [1.29, 1.82) is 0 Å². The van der Waals surface area contributed by atoms with Crippen molar-refractivity contribution in [2.45, 2.75) is 31.7 Å². The van der Waals surface area contributed by atoms with Crippen LogP contribution in [0.15, 0.2) is 27.6 Å². The topological polar surface area (TPSA) is 87.3 Å². The smallest absolute Gasteiger partial charge is 0.240 e. The summed E-state index contributed by atoms with van der Waals surface area (Å²) in [5.74, 6) is -0.219. The molecule has 0 spiro atoms. The fourth-order valence-electron chi connectivity index (χ4n) is 1.69. The Labute approximate surface area is 146 Å². The zero-order chi connectivity index (χ0) is 16.0. The summed E-state index contributed by atoms with van der Waals surface area (Å²) in [6, 6.07) is 4.52. The number of hydrogen-bond acceptors (Lipinski definition) is 4. The summed E-state index contributed by atoms with van der Waals surface area (Å²) < 4.78 is 27.4. The number of likely N-dealkylation sites (N-methyl/N-ethyl adjacent to an activating group) is 1. The second-order valence-corrected chi connectivity index (χ2v) is 7.25. The predicted octanol–water partition coefficient (Wildman–Crippen LogP) is 2.11. The molecular formula is C13H21BrClN3O3S. The normalized spacial score (nSPS) is 12.4. The molecule has 0 aliphatic rings. The summed E-state index contributed by atoms with van der Waals surface area (Å²) in [6.07, 6.45) is 0. The van der Waals surface area contributed by atoms with Gasteiger partial charge in [0.15, 0.2) is 0 Å². The highest BCUT2D eigenvalue weighted by Crippen LogP contribution is 2.25. The van der Waals surface area contributed by atoms with Crippen LogP contribution in [0.4, 0.5) is 5.69 Å². The van der Waals surface area contributed by atoms with Crippen LogP contribution in [0, 0.1) is 0 Å². The monoisotopic (exact) mass is 413 g/mol. The molecule has 1 amide bonds. The van der Waals surface area contributed by atoms with E-state index in [1.54, 1.807) is 6.07 Å². The largest absolute Gasteiger partial charge is 0.325 e. The number of carbonyl (C=O) groups excluding carboxylic acids is 1. The van der Waals surface area contributed by atoms with Crippen LogP contribution in [0.1, 0.15) is 20.8 Å². The standard InChI is InChI=1S/C13H20BrN3O3S.ClH/c1-4-15-9(2)8-16-21(19,20)11-5-6-13(12(14)7-11)17-10(3)18;/h5-7,9,15-16H,4,8H2,1-3H3,(H,17,18);1H/t9-;/m1./s1. The van der Waals surface area contributed by atoms with Gasteiger partial charge in [0.2, 0.25) is 15.9 Å². The fraction of sp³-hybridized carbons (Fsp3) is 0.462. The van der Waals surface area contributed by atoms with Gasteiger partial charge < -0.3 is 10.6 Å².